The number of hydrogen-bond acceptors (Lipinski definition) is 10. The van der Waals surface area contributed by atoms with Gasteiger partial charge < -0.3 is 33.1 Å². The second-order valence-corrected chi connectivity index (χ2v) is 15.4. The number of nitrogens with one attached hydrogen (secondary N) is 1. The number of rotatable bonds is 16. The SMILES string of the molecule is CCCCn1cc(-c2cc(OC)c(CCN3CCC(OC4CCN(CCn5cccc(Cn6ccc(=O)[nH]c6=O)c5=O)CC4)CC3)c(OC)c2)c2ccncc2c1=O. The van der Waals surface area contributed by atoms with Crippen LogP contribution >= 0.6 is 0 Å². The van der Waals surface area contributed by atoms with E-state index >= 15 is 0 Å². The second kappa shape index (κ2) is 19.0. The van der Waals surface area contributed by atoms with Crippen molar-refractivity contribution < 1.29 is 14.2 Å². The molecule has 14 nitrogen and oxygen atoms in total. The van der Waals surface area contributed by atoms with Crippen LogP contribution in [-0.4, -0.2) is 99.2 Å². The molecule has 5 aromatic rings. The van der Waals surface area contributed by atoms with Crippen molar-refractivity contribution in [2.24, 2.45) is 0 Å². The molecule has 1 aromatic carbocycles. The minimum atomic E-state index is -0.535. The molecule has 6 heterocycles. The summed E-state index contributed by atoms with van der Waals surface area (Å²) in [5.74, 6) is 1.54. The predicted molar refractivity (Wildman–Crippen MR) is 224 cm³/mol. The van der Waals surface area contributed by atoms with Crippen LogP contribution in [0, 0.1) is 0 Å². The molecule has 0 atom stereocenters. The number of nitrogens with zero attached hydrogens (tertiary/aromatic N) is 6. The van der Waals surface area contributed by atoms with Gasteiger partial charge in [0.05, 0.1) is 38.4 Å². The first-order valence-electron chi connectivity index (χ1n) is 20.5. The van der Waals surface area contributed by atoms with Gasteiger partial charge in [0.2, 0.25) is 0 Å². The Balaban J connectivity index is 0.889. The van der Waals surface area contributed by atoms with E-state index in [0.717, 1.165) is 118 Å². The zero-order chi connectivity index (χ0) is 40.6. The lowest BCUT2D eigenvalue weighted by molar-refractivity contribution is -0.0650. The molecule has 2 fully saturated rings. The minimum absolute atomic E-state index is 0.0237. The van der Waals surface area contributed by atoms with E-state index in [9.17, 15) is 19.2 Å². The zero-order valence-electron chi connectivity index (χ0n) is 33.9. The number of methoxy groups -OCH3 is 2. The Morgan fingerprint density at radius 3 is 2.10 bits per heavy atom. The van der Waals surface area contributed by atoms with E-state index in [0.29, 0.717) is 24.0 Å². The van der Waals surface area contributed by atoms with Crippen LogP contribution in [0.25, 0.3) is 21.9 Å². The molecular formula is C44H55N7O7. The van der Waals surface area contributed by atoms with Crippen molar-refractivity contribution in [3.8, 4) is 22.6 Å². The highest BCUT2D eigenvalue weighted by atomic mass is 16.5. The third kappa shape index (κ3) is 9.52. The van der Waals surface area contributed by atoms with Gasteiger partial charge in [-0.2, -0.15) is 0 Å². The number of hydrogen-bond donors (Lipinski definition) is 1. The number of aromatic amines is 1. The Labute approximate surface area is 337 Å². The van der Waals surface area contributed by atoms with Crippen LogP contribution in [-0.2, 0) is 30.8 Å². The fourth-order valence-corrected chi connectivity index (χ4v) is 8.31. The molecule has 7 rings (SSSR count). The number of pyridine rings is 3. The molecule has 1 N–H and O–H groups in total. The number of H-pyrrole nitrogens is 1. The van der Waals surface area contributed by atoms with Gasteiger partial charge in [0.15, 0.2) is 0 Å². The normalized spacial score (nSPS) is 15.9. The van der Waals surface area contributed by atoms with Gasteiger partial charge in [0.25, 0.3) is 16.7 Å². The average Bonchev–Trinajstić information content (AvgIpc) is 3.24. The monoisotopic (exact) mass is 793 g/mol. The van der Waals surface area contributed by atoms with E-state index in [1.165, 1.54) is 16.8 Å². The molecule has 4 aromatic heterocycles. The first kappa shape index (κ1) is 40.9. The van der Waals surface area contributed by atoms with E-state index in [2.05, 4.69) is 38.8 Å². The van der Waals surface area contributed by atoms with Crippen molar-refractivity contribution in [1.29, 1.82) is 0 Å². The molecule has 308 valence electrons. The highest BCUT2D eigenvalue weighted by molar-refractivity contribution is 5.95. The van der Waals surface area contributed by atoms with Crippen LogP contribution in [0.1, 0.15) is 56.6 Å². The van der Waals surface area contributed by atoms with Crippen molar-refractivity contribution in [3.63, 3.8) is 0 Å². The van der Waals surface area contributed by atoms with E-state index in [1.54, 1.807) is 48.0 Å². The van der Waals surface area contributed by atoms with E-state index < -0.39 is 11.2 Å². The predicted octanol–water partition coefficient (Wildman–Crippen LogP) is 4.13. The maximum Gasteiger partial charge on any atom is 0.328 e. The molecule has 2 saturated heterocycles. The summed E-state index contributed by atoms with van der Waals surface area (Å²) < 4.78 is 23.4. The Morgan fingerprint density at radius 1 is 0.759 bits per heavy atom. The molecule has 14 heteroatoms. The maximum atomic E-state index is 13.3. The fourth-order valence-electron chi connectivity index (χ4n) is 8.31. The largest absolute Gasteiger partial charge is 0.496 e. The van der Waals surface area contributed by atoms with Gasteiger partial charge in [0, 0.05) is 106 Å². The summed E-state index contributed by atoms with van der Waals surface area (Å²) in [5.41, 5.74) is 2.26. The summed E-state index contributed by atoms with van der Waals surface area (Å²) in [6.45, 7) is 8.85. The van der Waals surface area contributed by atoms with Gasteiger partial charge in [-0.05, 0) is 73.7 Å². The molecule has 0 amide bonds. The Hall–Kier alpha value is -5.31. The number of benzene rings is 1. The molecule has 0 spiro atoms. The number of aromatic nitrogens is 5. The highest BCUT2D eigenvalue weighted by Gasteiger charge is 2.27. The summed E-state index contributed by atoms with van der Waals surface area (Å²) in [6, 6.07) is 10.8. The molecule has 0 aliphatic carbocycles. The molecule has 2 aliphatic rings. The smallest absolute Gasteiger partial charge is 0.328 e. The molecule has 2 aliphatic heterocycles. The maximum absolute atomic E-state index is 13.3. The molecule has 0 saturated carbocycles. The van der Waals surface area contributed by atoms with Gasteiger partial charge in [-0.15, -0.1) is 0 Å². The van der Waals surface area contributed by atoms with Crippen molar-refractivity contribution in [2.45, 2.75) is 83.7 Å². The van der Waals surface area contributed by atoms with Crippen molar-refractivity contribution in [3.05, 3.63) is 120 Å². The van der Waals surface area contributed by atoms with E-state index in [1.807, 2.05) is 18.3 Å². The van der Waals surface area contributed by atoms with Crippen molar-refractivity contribution in [2.75, 3.05) is 53.5 Å². The lowest BCUT2D eigenvalue weighted by atomic mass is 9.97. The van der Waals surface area contributed by atoms with Crippen LogP contribution in [0.2, 0.25) is 0 Å². The summed E-state index contributed by atoms with van der Waals surface area (Å²) in [4.78, 5) is 61.3. The average molecular weight is 794 g/mol. The number of unbranched alkanes of at least 4 members (excludes halogenated alkanes) is 1. The van der Waals surface area contributed by atoms with Gasteiger partial charge in [-0.1, -0.05) is 19.4 Å². The van der Waals surface area contributed by atoms with Crippen molar-refractivity contribution in [1.82, 2.24) is 33.5 Å². The van der Waals surface area contributed by atoms with Crippen LogP contribution in [0.15, 0.2) is 86.6 Å². The number of fused-ring (bicyclic) bond motifs is 1. The number of likely N-dealkylation sites (tertiary alicyclic amines) is 2. The van der Waals surface area contributed by atoms with E-state index in [4.69, 9.17) is 14.2 Å². The lowest BCUT2D eigenvalue weighted by Crippen LogP contribution is -2.43. The summed E-state index contributed by atoms with van der Waals surface area (Å²) in [7, 11) is 3.40. The number of aryl methyl sites for hydroxylation is 1. The minimum Gasteiger partial charge on any atom is -0.496 e. The zero-order valence-corrected chi connectivity index (χ0v) is 33.9. The molecule has 58 heavy (non-hydrogen) atoms. The molecule has 0 unspecified atom stereocenters. The Bertz CT molecular complexity index is 2400. The van der Waals surface area contributed by atoms with Crippen LogP contribution in [0.5, 0.6) is 11.5 Å². The lowest BCUT2D eigenvalue weighted by Gasteiger charge is -2.37. The first-order chi connectivity index (χ1) is 28.2. The molecular weight excluding hydrogens is 739 g/mol. The van der Waals surface area contributed by atoms with Gasteiger partial charge in [-0.3, -0.25) is 28.9 Å². The molecule has 0 radical (unpaired) electrons. The second-order valence-electron chi connectivity index (χ2n) is 15.4. The van der Waals surface area contributed by atoms with Gasteiger partial charge in [-0.25, -0.2) is 4.79 Å². The number of ether oxygens (including phenoxy) is 3. The topological polar surface area (TPSA) is 146 Å². The first-order valence-corrected chi connectivity index (χ1v) is 20.5. The highest BCUT2D eigenvalue weighted by Crippen LogP contribution is 2.38. The summed E-state index contributed by atoms with van der Waals surface area (Å²) in [5, 5.41) is 1.46. The van der Waals surface area contributed by atoms with E-state index in [-0.39, 0.29) is 29.9 Å². The summed E-state index contributed by atoms with van der Waals surface area (Å²) in [6.07, 6.45) is 15.6. The van der Waals surface area contributed by atoms with Crippen LogP contribution < -0.4 is 31.8 Å². The van der Waals surface area contributed by atoms with Crippen molar-refractivity contribution >= 4 is 10.8 Å². The summed E-state index contributed by atoms with van der Waals surface area (Å²) >= 11 is 0. The third-order valence-corrected chi connectivity index (χ3v) is 11.7. The third-order valence-electron chi connectivity index (χ3n) is 11.7. The quantitative estimate of drug-likeness (QED) is 0.155. The molecule has 0 bridgehead atoms. The van der Waals surface area contributed by atoms with Gasteiger partial charge >= 0.3 is 5.69 Å². The van der Waals surface area contributed by atoms with Gasteiger partial charge in [0.1, 0.15) is 11.5 Å². The number of piperidine rings is 2. The fraction of sp³-hybridized carbons (Fsp3) is 0.477. The standard InChI is InChI=1S/C44H55N7O7/c1-4-5-16-50-30-38(35-8-15-45-28-37(35)43(50)54)32-26-39(56-2)36(40(27-32)57-3)13-22-47-18-9-33(10-19-47)58-34-11-20-48(21-12-34)24-25-49-17-6-7-31(42(49)53)29-51-23-14-41(52)46-44(51)55/h6-8,14-15,17,23,26-28,30,33-34H,4-5,9-13,16,18-22,24-25,29H2,1-3H3,(H,46,52,55). The Kier molecular flexibility index (Phi) is 13.4. The Morgan fingerprint density at radius 2 is 1.45 bits per heavy atom. The van der Waals surface area contributed by atoms with Crippen LogP contribution in [0.4, 0.5) is 0 Å². The van der Waals surface area contributed by atoms with Crippen LogP contribution in [0.3, 0.4) is 0 Å².